The number of amides is 2. The summed E-state index contributed by atoms with van der Waals surface area (Å²) in [7, 11) is 3.07. The van der Waals surface area contributed by atoms with Crippen molar-refractivity contribution in [3.8, 4) is 11.1 Å². The standard InChI is InChI=1S/C26H26N2O4/c1-28(26(31)27-16-15-19-7-4-3-5-8-19)23-10-6-9-22(18-23)21-13-11-20(12-14-21)17-24(32-2)25(29)30/h3-14,17-18H,15-16H2,1-2H3,(H,27,31)(H,29,30)/b24-17+. The van der Waals surface area contributed by atoms with Crippen molar-refractivity contribution in [1.82, 2.24) is 5.32 Å². The number of carboxylic acid groups (broad SMARTS) is 1. The van der Waals surface area contributed by atoms with E-state index in [9.17, 15) is 9.59 Å². The Kier molecular flexibility index (Phi) is 7.65. The molecular formula is C26H26N2O4. The molecule has 3 aromatic carbocycles. The number of nitrogens with zero attached hydrogens (tertiary/aromatic N) is 1. The molecule has 0 saturated heterocycles. The van der Waals surface area contributed by atoms with Gasteiger partial charge in [0.2, 0.25) is 5.76 Å². The van der Waals surface area contributed by atoms with Crippen LogP contribution in [0, 0.1) is 0 Å². The smallest absolute Gasteiger partial charge is 0.371 e. The van der Waals surface area contributed by atoms with Crippen molar-refractivity contribution in [2.45, 2.75) is 6.42 Å². The molecule has 0 spiro atoms. The Morgan fingerprint density at radius 1 is 0.969 bits per heavy atom. The third-order valence-corrected chi connectivity index (χ3v) is 5.04. The minimum Gasteiger partial charge on any atom is -0.490 e. The topological polar surface area (TPSA) is 78.9 Å². The molecule has 2 amide bonds. The molecule has 3 aromatic rings. The third-order valence-electron chi connectivity index (χ3n) is 5.04. The van der Waals surface area contributed by atoms with Gasteiger partial charge < -0.3 is 15.2 Å². The number of hydrogen-bond acceptors (Lipinski definition) is 3. The quantitative estimate of drug-likeness (QED) is 0.397. The lowest BCUT2D eigenvalue weighted by Gasteiger charge is -2.19. The highest BCUT2D eigenvalue weighted by atomic mass is 16.5. The Labute approximate surface area is 187 Å². The van der Waals surface area contributed by atoms with Crippen LogP contribution in [0.15, 0.2) is 84.6 Å². The van der Waals surface area contributed by atoms with Gasteiger partial charge in [0.15, 0.2) is 0 Å². The summed E-state index contributed by atoms with van der Waals surface area (Å²) in [5.41, 5.74) is 4.58. The molecule has 164 valence electrons. The van der Waals surface area contributed by atoms with Gasteiger partial charge in [0.1, 0.15) is 0 Å². The fourth-order valence-corrected chi connectivity index (χ4v) is 3.22. The van der Waals surface area contributed by atoms with Crippen molar-refractivity contribution < 1.29 is 19.4 Å². The highest BCUT2D eigenvalue weighted by molar-refractivity contribution is 5.92. The molecule has 0 bridgehead atoms. The minimum atomic E-state index is -1.12. The predicted molar refractivity (Wildman–Crippen MR) is 126 cm³/mol. The second-order valence-corrected chi connectivity index (χ2v) is 7.22. The number of benzene rings is 3. The van der Waals surface area contributed by atoms with Crippen LogP contribution >= 0.6 is 0 Å². The Hall–Kier alpha value is -4.06. The van der Waals surface area contributed by atoms with Crippen LogP contribution in [0.1, 0.15) is 11.1 Å². The van der Waals surface area contributed by atoms with E-state index in [1.165, 1.54) is 18.7 Å². The van der Waals surface area contributed by atoms with Gasteiger partial charge in [-0.3, -0.25) is 4.90 Å². The summed E-state index contributed by atoms with van der Waals surface area (Å²) in [6.45, 7) is 0.557. The summed E-state index contributed by atoms with van der Waals surface area (Å²) >= 11 is 0. The molecular weight excluding hydrogens is 404 g/mol. The number of anilines is 1. The van der Waals surface area contributed by atoms with Crippen LogP contribution in [-0.4, -0.2) is 37.8 Å². The monoisotopic (exact) mass is 430 g/mol. The largest absolute Gasteiger partial charge is 0.490 e. The fourth-order valence-electron chi connectivity index (χ4n) is 3.22. The number of carboxylic acids is 1. The number of nitrogens with one attached hydrogen (secondary N) is 1. The lowest BCUT2D eigenvalue weighted by Crippen LogP contribution is -2.38. The number of methoxy groups -OCH3 is 1. The zero-order valence-electron chi connectivity index (χ0n) is 18.1. The molecule has 0 radical (unpaired) electrons. The first-order valence-electron chi connectivity index (χ1n) is 10.2. The van der Waals surface area contributed by atoms with Gasteiger partial charge in [-0.15, -0.1) is 0 Å². The maximum absolute atomic E-state index is 12.6. The van der Waals surface area contributed by atoms with Crippen LogP contribution in [0.4, 0.5) is 10.5 Å². The highest BCUT2D eigenvalue weighted by Gasteiger charge is 2.11. The van der Waals surface area contributed by atoms with Crippen LogP contribution < -0.4 is 10.2 Å². The van der Waals surface area contributed by atoms with E-state index in [0.29, 0.717) is 6.54 Å². The van der Waals surface area contributed by atoms with E-state index in [2.05, 4.69) is 5.32 Å². The van der Waals surface area contributed by atoms with Gasteiger partial charge in [-0.25, -0.2) is 9.59 Å². The number of carbonyl (C=O) groups excluding carboxylic acids is 1. The van der Waals surface area contributed by atoms with E-state index >= 15 is 0 Å². The van der Waals surface area contributed by atoms with E-state index in [0.717, 1.165) is 28.8 Å². The summed E-state index contributed by atoms with van der Waals surface area (Å²) in [6, 6.07) is 25.0. The van der Waals surface area contributed by atoms with Crippen molar-refractivity contribution >= 4 is 23.8 Å². The molecule has 6 heteroatoms. The molecule has 0 aliphatic carbocycles. The molecule has 0 saturated carbocycles. The fraction of sp³-hybridized carbons (Fsp3) is 0.154. The van der Waals surface area contributed by atoms with E-state index in [1.807, 2.05) is 78.9 Å². The summed E-state index contributed by atoms with van der Waals surface area (Å²) < 4.78 is 4.87. The SMILES string of the molecule is CO/C(=C/c1ccc(-c2cccc(N(C)C(=O)NCCc3ccccc3)c2)cc1)C(=O)O. The van der Waals surface area contributed by atoms with Gasteiger partial charge in [-0.05, 0) is 46.9 Å². The normalized spacial score (nSPS) is 11.0. The number of hydrogen-bond donors (Lipinski definition) is 2. The van der Waals surface area contributed by atoms with Crippen molar-refractivity contribution in [2.75, 3.05) is 25.6 Å². The number of ether oxygens (including phenoxy) is 1. The maximum Gasteiger partial charge on any atom is 0.371 e. The lowest BCUT2D eigenvalue weighted by atomic mass is 10.0. The average molecular weight is 431 g/mol. The zero-order valence-corrected chi connectivity index (χ0v) is 18.1. The first kappa shape index (κ1) is 22.6. The minimum absolute atomic E-state index is 0.125. The zero-order chi connectivity index (χ0) is 22.9. The van der Waals surface area contributed by atoms with Gasteiger partial charge in [0, 0.05) is 19.3 Å². The molecule has 0 unspecified atom stereocenters. The molecule has 6 nitrogen and oxygen atoms in total. The molecule has 32 heavy (non-hydrogen) atoms. The second kappa shape index (κ2) is 10.8. The van der Waals surface area contributed by atoms with Gasteiger partial charge in [-0.1, -0.05) is 66.7 Å². The van der Waals surface area contributed by atoms with Gasteiger partial charge >= 0.3 is 12.0 Å². The molecule has 2 N–H and O–H groups in total. The van der Waals surface area contributed by atoms with Gasteiger partial charge in [0.25, 0.3) is 0 Å². The molecule has 0 aliphatic heterocycles. The van der Waals surface area contributed by atoms with Gasteiger partial charge in [-0.2, -0.15) is 0 Å². The average Bonchev–Trinajstić information content (AvgIpc) is 2.83. The maximum atomic E-state index is 12.6. The Balaban J connectivity index is 1.66. The van der Waals surface area contributed by atoms with E-state index in [-0.39, 0.29) is 11.8 Å². The van der Waals surface area contributed by atoms with Crippen LogP contribution in [0.25, 0.3) is 17.2 Å². The summed E-state index contributed by atoms with van der Waals surface area (Å²) in [5.74, 6) is -1.24. The number of aliphatic carboxylic acids is 1. The van der Waals surface area contributed by atoms with Crippen LogP contribution in [0.5, 0.6) is 0 Å². The van der Waals surface area contributed by atoms with Crippen molar-refractivity contribution in [1.29, 1.82) is 0 Å². The highest BCUT2D eigenvalue weighted by Crippen LogP contribution is 2.25. The summed E-state index contributed by atoms with van der Waals surface area (Å²) in [6.07, 6.45) is 2.24. The predicted octanol–water partition coefficient (Wildman–Crippen LogP) is 4.81. The summed E-state index contributed by atoms with van der Waals surface area (Å²) in [5, 5.41) is 12.0. The van der Waals surface area contributed by atoms with Crippen LogP contribution in [0.3, 0.4) is 0 Å². The summed E-state index contributed by atoms with van der Waals surface area (Å²) in [4.78, 5) is 25.2. The number of carbonyl (C=O) groups is 2. The molecule has 0 aliphatic rings. The lowest BCUT2D eigenvalue weighted by molar-refractivity contribution is -0.135. The van der Waals surface area contributed by atoms with Crippen LogP contribution in [-0.2, 0) is 16.0 Å². The second-order valence-electron chi connectivity index (χ2n) is 7.22. The first-order chi connectivity index (χ1) is 15.5. The number of urea groups is 1. The Morgan fingerprint density at radius 2 is 1.69 bits per heavy atom. The third kappa shape index (κ3) is 5.98. The van der Waals surface area contributed by atoms with E-state index in [4.69, 9.17) is 9.84 Å². The molecule has 0 aromatic heterocycles. The Bertz CT molecular complexity index is 1090. The molecule has 0 heterocycles. The first-order valence-corrected chi connectivity index (χ1v) is 10.2. The number of rotatable bonds is 8. The van der Waals surface area contributed by atoms with Crippen molar-refractivity contribution in [3.63, 3.8) is 0 Å². The van der Waals surface area contributed by atoms with Crippen LogP contribution in [0.2, 0.25) is 0 Å². The molecule has 0 atom stereocenters. The molecule has 3 rings (SSSR count). The molecule has 0 fully saturated rings. The van der Waals surface area contributed by atoms with Crippen molar-refractivity contribution in [3.05, 3.63) is 95.7 Å². The van der Waals surface area contributed by atoms with Gasteiger partial charge in [0.05, 0.1) is 7.11 Å². The Morgan fingerprint density at radius 3 is 2.34 bits per heavy atom. The van der Waals surface area contributed by atoms with Crippen molar-refractivity contribution in [2.24, 2.45) is 0 Å². The van der Waals surface area contributed by atoms with E-state index < -0.39 is 5.97 Å². The van der Waals surface area contributed by atoms with E-state index in [1.54, 1.807) is 11.9 Å².